The number of halogens is 1. The van der Waals surface area contributed by atoms with E-state index in [1.807, 2.05) is 0 Å². The first-order valence-corrected chi connectivity index (χ1v) is 10.4. The number of ketones is 2. The average molecular weight is 577 g/mol. The van der Waals surface area contributed by atoms with Gasteiger partial charge in [0, 0.05) is 30.9 Å². The van der Waals surface area contributed by atoms with Crippen molar-refractivity contribution in [2.24, 2.45) is 0 Å². The van der Waals surface area contributed by atoms with Gasteiger partial charge in [-0.25, -0.2) is 0 Å². The van der Waals surface area contributed by atoms with Crippen LogP contribution in [0.4, 0.5) is 0 Å². The SMILES string of the molecule is COc1cc2c(cc1OC)C(=O)CCO2.COc1ccc(C(=O)CCCl)c(OC)c1.O=CO[O-].[H-].[K+].[K+]. The number of alkyl halides is 1. The van der Waals surface area contributed by atoms with E-state index in [1.165, 1.54) is 7.11 Å². The molecule has 10 nitrogen and oxygen atoms in total. The van der Waals surface area contributed by atoms with Gasteiger partial charge in [-0.05, 0) is 18.2 Å². The molecule has 2 aromatic rings. The van der Waals surface area contributed by atoms with Crippen LogP contribution in [0.2, 0.25) is 0 Å². The number of rotatable bonds is 8. The Bertz CT molecular complexity index is 979. The van der Waals surface area contributed by atoms with Crippen LogP contribution in [-0.4, -0.2) is 59.0 Å². The van der Waals surface area contributed by atoms with Gasteiger partial charge in [0.05, 0.1) is 46.2 Å². The van der Waals surface area contributed by atoms with E-state index in [1.54, 1.807) is 51.7 Å². The van der Waals surface area contributed by atoms with Crippen molar-refractivity contribution in [3.8, 4) is 28.7 Å². The molecule has 0 spiro atoms. The van der Waals surface area contributed by atoms with Gasteiger partial charge in [-0.2, -0.15) is 0 Å². The average Bonchev–Trinajstić information content (AvgIpc) is 2.88. The Kier molecular flexibility index (Phi) is 22.8. The third-order valence-electron chi connectivity index (χ3n) is 4.44. The first-order chi connectivity index (χ1) is 16.4. The van der Waals surface area contributed by atoms with E-state index in [9.17, 15) is 9.59 Å². The van der Waals surface area contributed by atoms with Crippen molar-refractivity contribution in [1.29, 1.82) is 0 Å². The zero-order valence-electron chi connectivity index (χ0n) is 22.3. The molecule has 36 heavy (non-hydrogen) atoms. The molecule has 2 aromatic carbocycles. The van der Waals surface area contributed by atoms with Crippen molar-refractivity contribution in [2.75, 3.05) is 40.9 Å². The van der Waals surface area contributed by atoms with Crippen molar-refractivity contribution in [3.63, 3.8) is 0 Å². The van der Waals surface area contributed by atoms with Crippen LogP contribution in [0, 0.1) is 0 Å². The van der Waals surface area contributed by atoms with Gasteiger partial charge in [0.1, 0.15) is 17.2 Å². The fourth-order valence-electron chi connectivity index (χ4n) is 2.84. The molecule has 1 heterocycles. The minimum atomic E-state index is -0.181. The van der Waals surface area contributed by atoms with Gasteiger partial charge >= 0.3 is 103 Å². The van der Waals surface area contributed by atoms with E-state index in [4.69, 9.17) is 45.3 Å². The molecule has 0 radical (unpaired) electrons. The van der Waals surface area contributed by atoms with Crippen molar-refractivity contribution < 1.29 is 152 Å². The number of Topliss-reactive ketones (excluding diaryl/α,β-unsaturated/α-hetero) is 2. The second-order valence-electron chi connectivity index (χ2n) is 6.35. The minimum absolute atomic E-state index is 0. The van der Waals surface area contributed by atoms with Crippen LogP contribution in [0.3, 0.4) is 0 Å². The van der Waals surface area contributed by atoms with E-state index in [2.05, 4.69) is 4.89 Å². The number of ether oxygens (including phenoxy) is 5. The van der Waals surface area contributed by atoms with Gasteiger partial charge in [-0.3, -0.25) is 14.4 Å². The molecule has 0 aromatic heterocycles. The zero-order valence-corrected chi connectivity index (χ0v) is 28.3. The van der Waals surface area contributed by atoms with E-state index in [0.717, 1.165) is 0 Å². The van der Waals surface area contributed by atoms with Crippen LogP contribution >= 0.6 is 11.6 Å². The molecule has 13 heteroatoms. The number of benzene rings is 2. The molecule has 3 rings (SSSR count). The predicted molar refractivity (Wildman–Crippen MR) is 121 cm³/mol. The van der Waals surface area contributed by atoms with Crippen molar-refractivity contribution in [3.05, 3.63) is 41.5 Å². The Morgan fingerprint density at radius 3 is 2.11 bits per heavy atom. The smallest absolute Gasteiger partial charge is 1.00 e. The molecule has 0 atom stereocenters. The summed E-state index contributed by atoms with van der Waals surface area (Å²) < 4.78 is 25.8. The molecule has 0 N–H and O–H groups in total. The number of hydrogen-bond acceptors (Lipinski definition) is 10. The molecule has 0 saturated carbocycles. The monoisotopic (exact) mass is 576 g/mol. The fourth-order valence-corrected chi connectivity index (χ4v) is 3.01. The largest absolute Gasteiger partial charge is 1.00 e. The van der Waals surface area contributed by atoms with Crippen LogP contribution in [0.25, 0.3) is 0 Å². The summed E-state index contributed by atoms with van der Waals surface area (Å²) in [6.07, 6.45) is 0.729. The molecule has 0 bridgehead atoms. The first-order valence-electron chi connectivity index (χ1n) is 9.86. The summed E-state index contributed by atoms with van der Waals surface area (Å²) in [6.45, 7) is 0.251. The predicted octanol–water partition coefficient (Wildman–Crippen LogP) is -3.26. The summed E-state index contributed by atoms with van der Waals surface area (Å²) in [7, 11) is 6.18. The fraction of sp³-hybridized carbons (Fsp3) is 0.348. The third kappa shape index (κ3) is 12.1. The van der Waals surface area contributed by atoms with Crippen molar-refractivity contribution in [2.45, 2.75) is 12.8 Å². The van der Waals surface area contributed by atoms with Gasteiger partial charge in [0.2, 0.25) is 0 Å². The number of carbonyl (C=O) groups is 3. The summed E-state index contributed by atoms with van der Waals surface area (Å²) in [5, 5.41) is 8.43. The van der Waals surface area contributed by atoms with Gasteiger partial charge in [-0.15, -0.1) is 11.6 Å². The maximum Gasteiger partial charge on any atom is 1.00 e. The van der Waals surface area contributed by atoms with Crippen LogP contribution in [0.5, 0.6) is 28.7 Å². The molecule has 0 saturated heterocycles. The van der Waals surface area contributed by atoms with E-state index in [0.29, 0.717) is 65.2 Å². The zero-order chi connectivity index (χ0) is 25.5. The molecule has 1 aliphatic heterocycles. The standard InChI is InChI=1S/C11H13ClO3.C11H12O4.CH2O3.2K.H/c1-14-8-3-4-9(10(13)5-6-12)11(7-8)15-2;1-13-10-5-7-8(12)3-4-15-9(7)6-11(10)14-2;2-1-4-3;;;/h3-4,7H,5-6H2,1-2H3;5-6H,3-4H2,1-2H3;1,3H;;;/q;;;2*+1;-1/p-1. The minimum Gasteiger partial charge on any atom is -1.00 e. The summed E-state index contributed by atoms with van der Waals surface area (Å²) >= 11 is 5.51. The first kappa shape index (κ1) is 37.9. The van der Waals surface area contributed by atoms with Gasteiger partial charge in [0.15, 0.2) is 23.1 Å². The summed E-state index contributed by atoms with van der Waals surface area (Å²) in [5.74, 6) is 3.25. The van der Waals surface area contributed by atoms with Gasteiger partial charge in [-0.1, -0.05) is 0 Å². The molecule has 0 unspecified atom stereocenters. The van der Waals surface area contributed by atoms with Gasteiger partial charge < -0.3 is 35.3 Å². The quantitative estimate of drug-likeness (QED) is 0.0788. The molecule has 0 amide bonds. The van der Waals surface area contributed by atoms with Gasteiger partial charge in [0.25, 0.3) is 6.47 Å². The topological polar surface area (TPSA) is 130 Å². The summed E-state index contributed by atoms with van der Waals surface area (Å²) in [5.41, 5.74) is 1.11. The van der Waals surface area contributed by atoms with Crippen LogP contribution in [0.1, 0.15) is 35.0 Å². The van der Waals surface area contributed by atoms with Crippen molar-refractivity contribution in [1.82, 2.24) is 0 Å². The molecule has 0 aliphatic carbocycles. The second kappa shape index (κ2) is 21.7. The third-order valence-corrected chi connectivity index (χ3v) is 4.63. The van der Waals surface area contributed by atoms with E-state index < -0.39 is 0 Å². The van der Waals surface area contributed by atoms with Crippen LogP contribution in [-0.2, 0) is 9.68 Å². The number of carbonyl (C=O) groups excluding carboxylic acids is 3. The summed E-state index contributed by atoms with van der Waals surface area (Å²) in [4.78, 5) is 34.4. The maximum atomic E-state index is 11.6. The summed E-state index contributed by atoms with van der Waals surface area (Å²) in [6, 6.07) is 8.44. The number of fused-ring (bicyclic) bond motifs is 1. The Morgan fingerprint density at radius 2 is 1.61 bits per heavy atom. The maximum absolute atomic E-state index is 11.6. The van der Waals surface area contributed by atoms with Crippen LogP contribution in [0.15, 0.2) is 30.3 Å². The number of hydrogen-bond donors (Lipinski definition) is 0. The van der Waals surface area contributed by atoms with E-state index >= 15 is 0 Å². The second-order valence-corrected chi connectivity index (χ2v) is 6.72. The molecule has 0 fully saturated rings. The molecule has 1 aliphatic rings. The molecular formula is C23H27ClK2O10. The molecule has 188 valence electrons. The van der Waals surface area contributed by atoms with Crippen LogP contribution < -0.4 is 132 Å². The normalized spacial score (nSPS) is 10.6. The Hall–Kier alpha value is -0.227. The Morgan fingerprint density at radius 1 is 1.03 bits per heavy atom. The Balaban J connectivity index is -0.000000510. The van der Waals surface area contributed by atoms with Crippen molar-refractivity contribution >= 4 is 29.6 Å². The van der Waals surface area contributed by atoms with E-state index in [-0.39, 0.29) is 122 Å². The number of methoxy groups -OCH3 is 4. The Labute approximate surface area is 301 Å². The molecular weight excluding hydrogens is 550 g/mol.